The number of hydrogen-bond donors (Lipinski definition) is 2. The van der Waals surface area contributed by atoms with Gasteiger partial charge in [0.2, 0.25) is 10.0 Å². The molecule has 0 spiro atoms. The van der Waals surface area contributed by atoms with Gasteiger partial charge in [0.1, 0.15) is 0 Å². The molecule has 0 aromatic rings. The summed E-state index contributed by atoms with van der Waals surface area (Å²) in [4.78, 5) is 2.22. The number of piperidine rings is 1. The maximum atomic E-state index is 11.9. The van der Waals surface area contributed by atoms with Gasteiger partial charge in [0.05, 0.1) is 5.25 Å². The Labute approximate surface area is 98.6 Å². The van der Waals surface area contributed by atoms with E-state index in [2.05, 4.69) is 22.0 Å². The predicted octanol–water partition coefficient (Wildman–Crippen LogP) is -0.392. The SMILES string of the molecule is CNCC(C)S(=O)(=O)NC1CCN(C)CC1. The largest absolute Gasteiger partial charge is 0.318 e. The third-order valence-electron chi connectivity index (χ3n) is 3.07. The van der Waals surface area contributed by atoms with Crippen molar-refractivity contribution >= 4 is 10.0 Å². The van der Waals surface area contributed by atoms with Crippen molar-refractivity contribution in [3.05, 3.63) is 0 Å². The van der Waals surface area contributed by atoms with Crippen LogP contribution in [0.15, 0.2) is 0 Å². The van der Waals surface area contributed by atoms with Gasteiger partial charge in [-0.2, -0.15) is 0 Å². The Bertz CT molecular complexity index is 297. The van der Waals surface area contributed by atoms with E-state index in [0.29, 0.717) is 6.54 Å². The topological polar surface area (TPSA) is 61.4 Å². The van der Waals surface area contributed by atoms with Gasteiger partial charge in [-0.15, -0.1) is 0 Å². The predicted molar refractivity (Wildman–Crippen MR) is 66.0 cm³/mol. The molecule has 1 atom stereocenters. The summed E-state index contributed by atoms with van der Waals surface area (Å²) in [5.41, 5.74) is 0. The summed E-state index contributed by atoms with van der Waals surface area (Å²) in [5, 5.41) is 2.51. The smallest absolute Gasteiger partial charge is 0.215 e. The maximum absolute atomic E-state index is 11.9. The van der Waals surface area contributed by atoms with E-state index in [4.69, 9.17) is 0 Å². The van der Waals surface area contributed by atoms with Gasteiger partial charge in [0.15, 0.2) is 0 Å². The monoisotopic (exact) mass is 249 g/mol. The molecule has 2 N–H and O–H groups in total. The molecular formula is C10H23N3O2S. The first-order chi connectivity index (χ1) is 7.45. The van der Waals surface area contributed by atoms with E-state index in [-0.39, 0.29) is 11.3 Å². The molecule has 1 aliphatic rings. The lowest BCUT2D eigenvalue weighted by molar-refractivity contribution is 0.248. The van der Waals surface area contributed by atoms with E-state index in [1.54, 1.807) is 14.0 Å². The van der Waals surface area contributed by atoms with E-state index in [1.807, 2.05) is 0 Å². The molecule has 5 nitrogen and oxygen atoms in total. The standard InChI is InChI=1S/C10H23N3O2S/c1-9(8-11-2)16(14,15)12-10-4-6-13(3)7-5-10/h9-12H,4-8H2,1-3H3. The van der Waals surface area contributed by atoms with Crippen molar-refractivity contribution in [1.82, 2.24) is 14.9 Å². The minimum atomic E-state index is -3.17. The summed E-state index contributed by atoms with van der Waals surface area (Å²) >= 11 is 0. The van der Waals surface area contributed by atoms with Gasteiger partial charge < -0.3 is 10.2 Å². The van der Waals surface area contributed by atoms with Crippen LogP contribution >= 0.6 is 0 Å². The number of likely N-dealkylation sites (tertiary alicyclic amines) is 1. The van der Waals surface area contributed by atoms with E-state index >= 15 is 0 Å². The molecule has 0 saturated carbocycles. The number of sulfonamides is 1. The van der Waals surface area contributed by atoms with Gasteiger partial charge in [-0.3, -0.25) is 0 Å². The van der Waals surface area contributed by atoms with Gasteiger partial charge in [0.25, 0.3) is 0 Å². The van der Waals surface area contributed by atoms with Crippen LogP contribution in [0.2, 0.25) is 0 Å². The number of rotatable bonds is 5. The minimum absolute atomic E-state index is 0.112. The number of nitrogens with one attached hydrogen (secondary N) is 2. The quantitative estimate of drug-likeness (QED) is 0.696. The van der Waals surface area contributed by atoms with Crippen LogP contribution in [-0.4, -0.2) is 58.3 Å². The second kappa shape index (κ2) is 5.95. The highest BCUT2D eigenvalue weighted by Gasteiger charge is 2.25. The van der Waals surface area contributed by atoms with Crippen LogP contribution in [-0.2, 0) is 10.0 Å². The van der Waals surface area contributed by atoms with Crippen molar-refractivity contribution in [1.29, 1.82) is 0 Å². The van der Waals surface area contributed by atoms with Crippen molar-refractivity contribution in [2.45, 2.75) is 31.1 Å². The highest BCUT2D eigenvalue weighted by atomic mass is 32.2. The van der Waals surface area contributed by atoms with Crippen molar-refractivity contribution in [3.63, 3.8) is 0 Å². The fourth-order valence-electron chi connectivity index (χ4n) is 1.87. The Morgan fingerprint density at radius 3 is 2.44 bits per heavy atom. The molecule has 0 aliphatic carbocycles. The van der Waals surface area contributed by atoms with Crippen LogP contribution in [0.1, 0.15) is 19.8 Å². The Hall–Kier alpha value is -0.170. The van der Waals surface area contributed by atoms with Gasteiger partial charge in [-0.05, 0) is 47.0 Å². The first kappa shape index (κ1) is 13.9. The van der Waals surface area contributed by atoms with Crippen LogP contribution in [0.3, 0.4) is 0 Å². The second-order valence-electron chi connectivity index (χ2n) is 4.61. The lowest BCUT2D eigenvalue weighted by Gasteiger charge is -2.30. The van der Waals surface area contributed by atoms with Crippen LogP contribution in [0.25, 0.3) is 0 Å². The molecule has 1 heterocycles. The van der Waals surface area contributed by atoms with Gasteiger partial charge in [-0.1, -0.05) is 0 Å². The molecule has 1 saturated heterocycles. The molecule has 1 aliphatic heterocycles. The van der Waals surface area contributed by atoms with E-state index in [0.717, 1.165) is 25.9 Å². The molecule has 0 amide bonds. The minimum Gasteiger partial charge on any atom is -0.318 e. The zero-order chi connectivity index (χ0) is 12.2. The molecule has 1 rings (SSSR count). The summed E-state index contributed by atoms with van der Waals surface area (Å²) in [7, 11) is 0.659. The third kappa shape index (κ3) is 4.01. The van der Waals surface area contributed by atoms with E-state index < -0.39 is 10.0 Å². The Kier molecular flexibility index (Phi) is 5.17. The van der Waals surface area contributed by atoms with Crippen molar-refractivity contribution < 1.29 is 8.42 Å². The summed E-state index contributed by atoms with van der Waals surface area (Å²) in [6.07, 6.45) is 1.81. The number of hydrogen-bond acceptors (Lipinski definition) is 4. The second-order valence-corrected chi connectivity index (χ2v) is 6.74. The zero-order valence-corrected chi connectivity index (χ0v) is 11.2. The average molecular weight is 249 g/mol. The normalized spacial score (nSPS) is 22.2. The molecule has 16 heavy (non-hydrogen) atoms. The fraction of sp³-hybridized carbons (Fsp3) is 1.00. The van der Waals surface area contributed by atoms with Crippen LogP contribution in [0.4, 0.5) is 0 Å². The molecule has 96 valence electrons. The molecule has 0 aromatic carbocycles. The molecule has 6 heteroatoms. The van der Waals surface area contributed by atoms with Crippen molar-refractivity contribution in [3.8, 4) is 0 Å². The number of nitrogens with zero attached hydrogens (tertiary/aromatic N) is 1. The third-order valence-corrected chi connectivity index (χ3v) is 4.96. The van der Waals surface area contributed by atoms with Gasteiger partial charge >= 0.3 is 0 Å². The summed E-state index contributed by atoms with van der Waals surface area (Å²) in [5.74, 6) is 0. The van der Waals surface area contributed by atoms with E-state index in [9.17, 15) is 8.42 Å². The summed E-state index contributed by atoms with van der Waals surface area (Å²) < 4.78 is 26.6. The van der Waals surface area contributed by atoms with Crippen LogP contribution in [0.5, 0.6) is 0 Å². The first-order valence-electron chi connectivity index (χ1n) is 5.80. The van der Waals surface area contributed by atoms with Gasteiger partial charge in [-0.25, -0.2) is 13.1 Å². The average Bonchev–Trinajstić information content (AvgIpc) is 2.21. The van der Waals surface area contributed by atoms with Gasteiger partial charge in [0, 0.05) is 12.6 Å². The lowest BCUT2D eigenvalue weighted by Crippen LogP contribution is -2.47. The lowest BCUT2D eigenvalue weighted by atomic mass is 10.1. The first-order valence-corrected chi connectivity index (χ1v) is 7.34. The van der Waals surface area contributed by atoms with Crippen LogP contribution in [0, 0.1) is 0 Å². The Balaban J connectivity index is 2.46. The highest BCUT2D eigenvalue weighted by Crippen LogP contribution is 2.10. The molecule has 1 fully saturated rings. The Morgan fingerprint density at radius 2 is 1.94 bits per heavy atom. The molecule has 0 aromatic heterocycles. The fourth-order valence-corrected chi connectivity index (χ4v) is 3.19. The van der Waals surface area contributed by atoms with E-state index in [1.165, 1.54) is 0 Å². The molecule has 1 unspecified atom stereocenters. The maximum Gasteiger partial charge on any atom is 0.215 e. The van der Waals surface area contributed by atoms with Crippen LogP contribution < -0.4 is 10.0 Å². The van der Waals surface area contributed by atoms with Crippen molar-refractivity contribution in [2.75, 3.05) is 33.7 Å². The van der Waals surface area contributed by atoms with Crippen molar-refractivity contribution in [2.24, 2.45) is 0 Å². The zero-order valence-electron chi connectivity index (χ0n) is 10.4. The molecule has 0 bridgehead atoms. The summed E-state index contributed by atoms with van der Waals surface area (Å²) in [6.45, 7) is 4.15. The molecular weight excluding hydrogens is 226 g/mol. The molecule has 0 radical (unpaired) electrons. The summed E-state index contributed by atoms with van der Waals surface area (Å²) in [6, 6.07) is 0.112. The Morgan fingerprint density at radius 1 is 1.38 bits per heavy atom. The highest BCUT2D eigenvalue weighted by molar-refractivity contribution is 7.90.